The zero-order valence-electron chi connectivity index (χ0n) is 14.2. The zero-order valence-corrected chi connectivity index (χ0v) is 14.2. The minimum atomic E-state index is -1.03. The van der Waals surface area contributed by atoms with Crippen molar-refractivity contribution in [2.24, 2.45) is 5.92 Å². The van der Waals surface area contributed by atoms with Gasteiger partial charge in [-0.3, -0.25) is 9.48 Å². The Bertz CT molecular complexity index is 963. The number of fused-ring (bicyclic) bond motifs is 1. The third-order valence-electron chi connectivity index (χ3n) is 4.86. The van der Waals surface area contributed by atoms with Gasteiger partial charge in [0.05, 0.1) is 18.1 Å². The number of rotatable bonds is 6. The van der Waals surface area contributed by atoms with E-state index in [2.05, 4.69) is 5.10 Å². The van der Waals surface area contributed by atoms with Crippen molar-refractivity contribution in [3.63, 3.8) is 0 Å². The molecule has 0 bridgehead atoms. The van der Waals surface area contributed by atoms with E-state index in [1.54, 1.807) is 0 Å². The maximum absolute atomic E-state index is 13.4. The summed E-state index contributed by atoms with van der Waals surface area (Å²) in [6.07, 6.45) is 5.34. The topological polar surface area (TPSA) is 64.3 Å². The van der Waals surface area contributed by atoms with Gasteiger partial charge in [-0.15, -0.1) is 0 Å². The van der Waals surface area contributed by atoms with E-state index in [0.717, 1.165) is 17.4 Å². The van der Waals surface area contributed by atoms with Crippen molar-refractivity contribution in [3.8, 4) is 11.5 Å². The standard InChI is InChI=1S/C20H19FN2O3/c21-16-4-7-19(14(8-16)10-20(24)25)26-17-5-6-18-15(9-17)11-22-23(18)12-13-2-1-3-13/h4-9,11,13H,1-3,10,12H2,(H,24,25). The summed E-state index contributed by atoms with van der Waals surface area (Å²) in [7, 11) is 0. The molecular formula is C20H19FN2O3. The number of aliphatic carboxylic acids is 1. The Hall–Kier alpha value is -2.89. The second-order valence-corrected chi connectivity index (χ2v) is 6.77. The molecule has 3 aromatic rings. The van der Waals surface area contributed by atoms with E-state index in [-0.39, 0.29) is 6.42 Å². The minimum Gasteiger partial charge on any atom is -0.481 e. The molecule has 0 radical (unpaired) electrons. The Labute approximate surface area is 150 Å². The Morgan fingerprint density at radius 2 is 2.12 bits per heavy atom. The summed E-state index contributed by atoms with van der Waals surface area (Å²) in [5.41, 5.74) is 1.35. The molecule has 0 amide bonds. The van der Waals surface area contributed by atoms with Crippen LogP contribution in [0.15, 0.2) is 42.6 Å². The molecule has 1 aliphatic carbocycles. The summed E-state index contributed by atoms with van der Waals surface area (Å²) >= 11 is 0. The van der Waals surface area contributed by atoms with E-state index >= 15 is 0 Å². The second kappa shape index (κ2) is 6.78. The predicted octanol–water partition coefficient (Wildman–Crippen LogP) is 4.39. The number of halogens is 1. The van der Waals surface area contributed by atoms with Gasteiger partial charge in [-0.1, -0.05) is 6.42 Å². The van der Waals surface area contributed by atoms with Gasteiger partial charge in [0.2, 0.25) is 0 Å². The van der Waals surface area contributed by atoms with E-state index < -0.39 is 11.8 Å². The molecule has 1 heterocycles. The highest BCUT2D eigenvalue weighted by Crippen LogP contribution is 2.31. The molecule has 2 aromatic carbocycles. The number of carboxylic acid groups (broad SMARTS) is 1. The first-order valence-electron chi connectivity index (χ1n) is 8.72. The molecule has 1 aliphatic rings. The van der Waals surface area contributed by atoms with Crippen molar-refractivity contribution in [2.45, 2.75) is 32.2 Å². The van der Waals surface area contributed by atoms with E-state index in [0.29, 0.717) is 23.0 Å². The van der Waals surface area contributed by atoms with Crippen molar-refractivity contribution >= 4 is 16.9 Å². The number of carboxylic acids is 1. The van der Waals surface area contributed by atoms with Crippen LogP contribution in [0.2, 0.25) is 0 Å². The summed E-state index contributed by atoms with van der Waals surface area (Å²) < 4.78 is 21.3. The van der Waals surface area contributed by atoms with Gasteiger partial charge in [0.1, 0.15) is 17.3 Å². The van der Waals surface area contributed by atoms with Crippen LogP contribution in [-0.2, 0) is 17.8 Å². The lowest BCUT2D eigenvalue weighted by Crippen LogP contribution is -2.18. The van der Waals surface area contributed by atoms with Crippen molar-refractivity contribution < 1.29 is 19.0 Å². The summed E-state index contributed by atoms with van der Waals surface area (Å²) in [5.74, 6) is 0.107. The number of ether oxygens (including phenoxy) is 1. The highest BCUT2D eigenvalue weighted by molar-refractivity contribution is 5.80. The van der Waals surface area contributed by atoms with E-state index in [1.807, 2.05) is 29.1 Å². The number of benzene rings is 2. The first-order chi connectivity index (χ1) is 12.6. The zero-order chi connectivity index (χ0) is 18.1. The first kappa shape index (κ1) is 16.6. The Balaban J connectivity index is 1.58. The SMILES string of the molecule is O=C(O)Cc1cc(F)ccc1Oc1ccc2c(cnn2CC2CCC2)c1. The number of nitrogens with zero attached hydrogens (tertiary/aromatic N) is 2. The molecule has 4 rings (SSSR count). The lowest BCUT2D eigenvalue weighted by atomic mass is 9.85. The van der Waals surface area contributed by atoms with Gasteiger partial charge in [0.15, 0.2) is 0 Å². The number of carbonyl (C=O) groups is 1. The van der Waals surface area contributed by atoms with Gasteiger partial charge in [-0.25, -0.2) is 4.39 Å². The van der Waals surface area contributed by atoms with Crippen LogP contribution >= 0.6 is 0 Å². The Morgan fingerprint density at radius 1 is 1.27 bits per heavy atom. The third-order valence-corrected chi connectivity index (χ3v) is 4.86. The molecule has 26 heavy (non-hydrogen) atoms. The fraction of sp³-hybridized carbons (Fsp3) is 0.300. The van der Waals surface area contributed by atoms with Crippen LogP contribution in [0.4, 0.5) is 4.39 Å². The molecule has 0 spiro atoms. The van der Waals surface area contributed by atoms with Crippen LogP contribution in [0.3, 0.4) is 0 Å². The summed E-state index contributed by atoms with van der Waals surface area (Å²) in [4.78, 5) is 11.0. The van der Waals surface area contributed by atoms with Crippen molar-refractivity contribution in [3.05, 3.63) is 54.0 Å². The quantitative estimate of drug-likeness (QED) is 0.713. The fourth-order valence-corrected chi connectivity index (χ4v) is 3.27. The summed E-state index contributed by atoms with van der Waals surface area (Å²) in [6, 6.07) is 9.56. The monoisotopic (exact) mass is 354 g/mol. The average Bonchev–Trinajstić information content (AvgIpc) is 2.95. The van der Waals surface area contributed by atoms with E-state index in [4.69, 9.17) is 9.84 Å². The van der Waals surface area contributed by atoms with Crippen LogP contribution in [0.25, 0.3) is 10.9 Å². The van der Waals surface area contributed by atoms with E-state index in [9.17, 15) is 9.18 Å². The van der Waals surface area contributed by atoms with Crippen LogP contribution in [0, 0.1) is 11.7 Å². The van der Waals surface area contributed by atoms with Gasteiger partial charge in [-0.05, 0) is 55.2 Å². The van der Waals surface area contributed by atoms with Crippen LogP contribution < -0.4 is 4.74 Å². The molecule has 0 unspecified atom stereocenters. The highest BCUT2D eigenvalue weighted by atomic mass is 19.1. The van der Waals surface area contributed by atoms with Gasteiger partial charge in [0, 0.05) is 17.5 Å². The largest absolute Gasteiger partial charge is 0.481 e. The minimum absolute atomic E-state index is 0.297. The average molecular weight is 354 g/mol. The fourth-order valence-electron chi connectivity index (χ4n) is 3.27. The molecule has 5 nitrogen and oxygen atoms in total. The Morgan fingerprint density at radius 3 is 2.85 bits per heavy atom. The van der Waals surface area contributed by atoms with Crippen LogP contribution in [-0.4, -0.2) is 20.9 Å². The third kappa shape index (κ3) is 3.40. The predicted molar refractivity (Wildman–Crippen MR) is 94.9 cm³/mol. The molecule has 0 saturated heterocycles. The highest BCUT2D eigenvalue weighted by Gasteiger charge is 2.19. The summed E-state index contributed by atoms with van der Waals surface area (Å²) in [5, 5.41) is 14.4. The van der Waals surface area contributed by atoms with Crippen molar-refractivity contribution in [1.82, 2.24) is 9.78 Å². The Kier molecular flexibility index (Phi) is 4.32. The molecule has 134 valence electrons. The summed E-state index contributed by atoms with van der Waals surface area (Å²) in [6.45, 7) is 0.935. The molecule has 1 N–H and O–H groups in total. The molecule has 1 fully saturated rings. The molecule has 0 aliphatic heterocycles. The maximum atomic E-state index is 13.4. The van der Waals surface area contributed by atoms with Crippen molar-refractivity contribution in [1.29, 1.82) is 0 Å². The molecule has 6 heteroatoms. The number of hydrogen-bond acceptors (Lipinski definition) is 3. The van der Waals surface area contributed by atoms with Gasteiger partial charge in [0.25, 0.3) is 0 Å². The molecule has 1 aromatic heterocycles. The number of hydrogen-bond donors (Lipinski definition) is 1. The van der Waals surface area contributed by atoms with Gasteiger partial charge >= 0.3 is 5.97 Å². The maximum Gasteiger partial charge on any atom is 0.307 e. The normalized spacial score (nSPS) is 14.3. The number of aromatic nitrogens is 2. The van der Waals surface area contributed by atoms with Crippen molar-refractivity contribution in [2.75, 3.05) is 0 Å². The molecule has 0 atom stereocenters. The lowest BCUT2D eigenvalue weighted by molar-refractivity contribution is -0.136. The second-order valence-electron chi connectivity index (χ2n) is 6.77. The van der Waals surface area contributed by atoms with Crippen LogP contribution in [0.1, 0.15) is 24.8 Å². The first-order valence-corrected chi connectivity index (χ1v) is 8.72. The van der Waals surface area contributed by atoms with Gasteiger partial charge in [-0.2, -0.15) is 5.10 Å². The smallest absolute Gasteiger partial charge is 0.307 e. The molecule has 1 saturated carbocycles. The lowest BCUT2D eigenvalue weighted by Gasteiger charge is -2.25. The molecular weight excluding hydrogens is 335 g/mol. The van der Waals surface area contributed by atoms with Crippen LogP contribution in [0.5, 0.6) is 11.5 Å². The van der Waals surface area contributed by atoms with Gasteiger partial charge < -0.3 is 9.84 Å². The van der Waals surface area contributed by atoms with E-state index in [1.165, 1.54) is 37.5 Å².